The lowest BCUT2D eigenvalue weighted by atomic mass is 10.0. The summed E-state index contributed by atoms with van der Waals surface area (Å²) in [7, 11) is 0. The standard InChI is InChI=1S/C71H136O6/c1-4-7-10-13-16-18-20-22-24-26-28-30-32-33-34-35-36-37-38-39-40-42-43-45-47-49-51-53-55-58-61-64-70(73)76-67-68(66-75-69(72)63-60-57-15-12-9-6-3)77-71(74)65-62-59-56-54-52-50-48-46-44-41-31-29-27-25-23-21-19-17-14-11-8-5-2/h26,28,68H,4-25,27,29-67H2,1-3H3/b28-26-. The van der Waals surface area contributed by atoms with Crippen molar-refractivity contribution in [3.8, 4) is 0 Å². The van der Waals surface area contributed by atoms with Crippen molar-refractivity contribution in [2.75, 3.05) is 13.2 Å². The molecule has 0 N–H and O–H groups in total. The van der Waals surface area contributed by atoms with Crippen molar-refractivity contribution in [2.24, 2.45) is 0 Å². The zero-order valence-corrected chi connectivity index (χ0v) is 52.5. The molecular weight excluding hydrogens is 949 g/mol. The minimum Gasteiger partial charge on any atom is -0.462 e. The molecule has 0 radical (unpaired) electrons. The molecule has 0 rings (SSSR count). The molecule has 0 aromatic heterocycles. The van der Waals surface area contributed by atoms with Crippen LogP contribution in [0.3, 0.4) is 0 Å². The zero-order valence-electron chi connectivity index (χ0n) is 52.5. The van der Waals surface area contributed by atoms with Crippen LogP contribution in [-0.4, -0.2) is 37.2 Å². The van der Waals surface area contributed by atoms with E-state index in [0.29, 0.717) is 19.3 Å². The number of carbonyl (C=O) groups excluding carboxylic acids is 3. The predicted octanol–water partition coefficient (Wildman–Crippen LogP) is 24.0. The van der Waals surface area contributed by atoms with Gasteiger partial charge in [-0.1, -0.05) is 354 Å². The Morgan fingerprint density at radius 1 is 0.247 bits per heavy atom. The maximum atomic E-state index is 12.9. The van der Waals surface area contributed by atoms with E-state index in [1.165, 1.54) is 308 Å². The fourth-order valence-electron chi connectivity index (χ4n) is 11.0. The number of allylic oxidation sites excluding steroid dienone is 2. The number of hydrogen-bond donors (Lipinski definition) is 0. The third-order valence-electron chi connectivity index (χ3n) is 16.3. The van der Waals surface area contributed by atoms with E-state index in [4.69, 9.17) is 14.2 Å². The average Bonchev–Trinajstić information content (AvgIpc) is 3.43. The Morgan fingerprint density at radius 2 is 0.429 bits per heavy atom. The monoisotopic (exact) mass is 1090 g/mol. The summed E-state index contributed by atoms with van der Waals surface area (Å²) in [5.74, 6) is -0.842. The van der Waals surface area contributed by atoms with Crippen LogP contribution in [0.5, 0.6) is 0 Å². The zero-order chi connectivity index (χ0) is 55.7. The van der Waals surface area contributed by atoms with Gasteiger partial charge in [0.25, 0.3) is 0 Å². The normalized spacial score (nSPS) is 12.0. The molecule has 0 bridgehead atoms. The molecule has 0 aliphatic heterocycles. The van der Waals surface area contributed by atoms with Gasteiger partial charge in [-0.05, 0) is 44.9 Å². The van der Waals surface area contributed by atoms with E-state index >= 15 is 0 Å². The largest absolute Gasteiger partial charge is 0.462 e. The fourth-order valence-corrected chi connectivity index (χ4v) is 11.0. The van der Waals surface area contributed by atoms with Crippen LogP contribution in [0.15, 0.2) is 12.2 Å². The molecule has 1 atom stereocenters. The SMILES string of the molecule is CCCCCCCCCC/C=C\CCCCCCCCCCCCCCCCCCCCCC(=O)OCC(COC(=O)CCCCCCCC)OC(=O)CCCCCCCCCCCCCCCCCCCCCCCC. The average molecular weight is 1090 g/mol. The lowest BCUT2D eigenvalue weighted by Crippen LogP contribution is -2.30. The summed E-state index contributed by atoms with van der Waals surface area (Å²) < 4.78 is 16.9. The second-order valence-corrected chi connectivity index (χ2v) is 24.2. The first-order valence-electron chi connectivity index (χ1n) is 35.2. The van der Waals surface area contributed by atoms with Crippen LogP contribution in [0, 0.1) is 0 Å². The van der Waals surface area contributed by atoms with Crippen LogP contribution in [0.2, 0.25) is 0 Å². The molecule has 6 nitrogen and oxygen atoms in total. The number of unbranched alkanes of at least 4 members (excludes halogenated alkanes) is 53. The molecule has 77 heavy (non-hydrogen) atoms. The van der Waals surface area contributed by atoms with Gasteiger partial charge in [-0.25, -0.2) is 0 Å². The first-order chi connectivity index (χ1) is 38.0. The molecule has 0 aliphatic carbocycles. The highest BCUT2D eigenvalue weighted by Crippen LogP contribution is 2.19. The van der Waals surface area contributed by atoms with Gasteiger partial charge in [0.1, 0.15) is 13.2 Å². The van der Waals surface area contributed by atoms with Crippen molar-refractivity contribution in [2.45, 2.75) is 412 Å². The van der Waals surface area contributed by atoms with Crippen molar-refractivity contribution in [1.29, 1.82) is 0 Å². The van der Waals surface area contributed by atoms with Gasteiger partial charge >= 0.3 is 17.9 Å². The minimum absolute atomic E-state index is 0.0632. The predicted molar refractivity (Wildman–Crippen MR) is 335 cm³/mol. The Hall–Kier alpha value is -1.85. The van der Waals surface area contributed by atoms with E-state index in [9.17, 15) is 14.4 Å². The maximum absolute atomic E-state index is 12.9. The topological polar surface area (TPSA) is 78.9 Å². The van der Waals surface area contributed by atoms with Crippen LogP contribution in [0.4, 0.5) is 0 Å². The van der Waals surface area contributed by atoms with Crippen molar-refractivity contribution < 1.29 is 28.6 Å². The number of esters is 3. The molecule has 1 unspecified atom stereocenters. The molecular formula is C71H136O6. The maximum Gasteiger partial charge on any atom is 0.306 e. The van der Waals surface area contributed by atoms with Crippen molar-refractivity contribution in [3.63, 3.8) is 0 Å². The van der Waals surface area contributed by atoms with E-state index in [0.717, 1.165) is 57.8 Å². The van der Waals surface area contributed by atoms with E-state index < -0.39 is 6.10 Å². The summed E-state index contributed by atoms with van der Waals surface area (Å²) >= 11 is 0. The summed E-state index contributed by atoms with van der Waals surface area (Å²) in [6.07, 6.45) is 80.1. The lowest BCUT2D eigenvalue weighted by Gasteiger charge is -2.18. The van der Waals surface area contributed by atoms with E-state index in [-0.39, 0.29) is 31.1 Å². The second-order valence-electron chi connectivity index (χ2n) is 24.2. The molecule has 456 valence electrons. The summed E-state index contributed by atoms with van der Waals surface area (Å²) in [4.78, 5) is 38.1. The quantitative estimate of drug-likeness (QED) is 0.0261. The van der Waals surface area contributed by atoms with Crippen LogP contribution in [0.25, 0.3) is 0 Å². The molecule has 0 spiro atoms. The van der Waals surface area contributed by atoms with Crippen LogP contribution < -0.4 is 0 Å². The molecule has 0 saturated heterocycles. The Morgan fingerprint density at radius 3 is 0.649 bits per heavy atom. The van der Waals surface area contributed by atoms with Crippen LogP contribution >= 0.6 is 0 Å². The summed E-state index contributed by atoms with van der Waals surface area (Å²) in [5, 5.41) is 0. The van der Waals surface area contributed by atoms with E-state index in [1.54, 1.807) is 0 Å². The molecule has 0 amide bonds. The highest BCUT2D eigenvalue weighted by molar-refractivity contribution is 5.71. The van der Waals surface area contributed by atoms with Gasteiger partial charge in [0.15, 0.2) is 6.10 Å². The Kier molecular flexibility index (Phi) is 65.1. The fraction of sp³-hybridized carbons (Fsp3) is 0.930. The third kappa shape index (κ3) is 64.9. The number of rotatable bonds is 66. The Labute approximate surface area is 481 Å². The van der Waals surface area contributed by atoms with Gasteiger partial charge in [0.05, 0.1) is 0 Å². The Bertz CT molecular complexity index is 1200. The van der Waals surface area contributed by atoms with E-state index in [1.807, 2.05) is 0 Å². The van der Waals surface area contributed by atoms with E-state index in [2.05, 4.69) is 32.9 Å². The number of ether oxygens (including phenoxy) is 3. The number of hydrogen-bond acceptors (Lipinski definition) is 6. The van der Waals surface area contributed by atoms with Gasteiger partial charge < -0.3 is 14.2 Å². The van der Waals surface area contributed by atoms with Crippen LogP contribution in [0.1, 0.15) is 406 Å². The highest BCUT2D eigenvalue weighted by Gasteiger charge is 2.19. The molecule has 0 aromatic rings. The smallest absolute Gasteiger partial charge is 0.306 e. The Balaban J connectivity index is 3.93. The second kappa shape index (κ2) is 66.7. The highest BCUT2D eigenvalue weighted by atomic mass is 16.6. The van der Waals surface area contributed by atoms with Crippen molar-refractivity contribution >= 4 is 17.9 Å². The lowest BCUT2D eigenvalue weighted by molar-refractivity contribution is -0.167. The third-order valence-corrected chi connectivity index (χ3v) is 16.3. The summed E-state index contributed by atoms with van der Waals surface area (Å²) in [6, 6.07) is 0. The van der Waals surface area contributed by atoms with Gasteiger partial charge in [-0.3, -0.25) is 14.4 Å². The summed E-state index contributed by atoms with van der Waals surface area (Å²) in [6.45, 7) is 6.66. The minimum atomic E-state index is -0.763. The molecule has 6 heteroatoms. The van der Waals surface area contributed by atoms with Crippen molar-refractivity contribution in [3.05, 3.63) is 12.2 Å². The molecule has 0 saturated carbocycles. The van der Waals surface area contributed by atoms with Gasteiger partial charge in [0, 0.05) is 19.3 Å². The molecule has 0 aliphatic rings. The summed E-state index contributed by atoms with van der Waals surface area (Å²) in [5.41, 5.74) is 0. The van der Waals surface area contributed by atoms with Gasteiger partial charge in [0.2, 0.25) is 0 Å². The first-order valence-corrected chi connectivity index (χ1v) is 35.2. The molecule has 0 aromatic carbocycles. The van der Waals surface area contributed by atoms with Crippen LogP contribution in [-0.2, 0) is 28.6 Å². The van der Waals surface area contributed by atoms with Crippen molar-refractivity contribution in [1.82, 2.24) is 0 Å². The molecule has 0 fully saturated rings. The van der Waals surface area contributed by atoms with Gasteiger partial charge in [-0.2, -0.15) is 0 Å². The van der Waals surface area contributed by atoms with Gasteiger partial charge in [-0.15, -0.1) is 0 Å². The number of carbonyl (C=O) groups is 3. The molecule has 0 heterocycles. The first kappa shape index (κ1) is 75.2.